The summed E-state index contributed by atoms with van der Waals surface area (Å²) in [4.78, 5) is 10.3. The first kappa shape index (κ1) is 14.1. The summed E-state index contributed by atoms with van der Waals surface area (Å²) >= 11 is 11.9. The lowest BCUT2D eigenvalue weighted by Crippen LogP contribution is -2.23. The molecule has 94 valence electrons. The van der Waals surface area contributed by atoms with Crippen molar-refractivity contribution in [1.29, 1.82) is 0 Å². The van der Waals surface area contributed by atoms with Crippen molar-refractivity contribution in [3.8, 4) is 0 Å². The number of nitrogen functional groups attached to an aromatic ring is 1. The molecular weight excluding hydrogens is 263 g/mol. The number of nitrogens with one attached hydrogen (secondary N) is 1. The molecule has 0 saturated heterocycles. The van der Waals surface area contributed by atoms with Crippen LogP contribution in [-0.4, -0.2) is 24.2 Å². The van der Waals surface area contributed by atoms with Crippen LogP contribution in [0.2, 0.25) is 10.0 Å². The Labute approximate surface area is 110 Å². The first-order chi connectivity index (χ1) is 8.02. The smallest absolute Gasteiger partial charge is 0.317 e. The van der Waals surface area contributed by atoms with Crippen molar-refractivity contribution in [2.45, 2.75) is 12.8 Å². The molecule has 0 aliphatic rings. The number of nitrogens with two attached hydrogens (primary N) is 1. The largest absolute Gasteiger partial charge is 0.480 e. The molecule has 1 aromatic carbocycles. The number of rotatable bonds is 6. The van der Waals surface area contributed by atoms with Crippen molar-refractivity contribution in [2.75, 3.05) is 18.8 Å². The fraction of sp³-hybridized carbons (Fsp3) is 0.364. The summed E-state index contributed by atoms with van der Waals surface area (Å²) in [5.41, 5.74) is 7.13. The Morgan fingerprint density at radius 1 is 1.35 bits per heavy atom. The Morgan fingerprint density at radius 3 is 2.65 bits per heavy atom. The first-order valence-electron chi connectivity index (χ1n) is 5.17. The van der Waals surface area contributed by atoms with Crippen LogP contribution in [0.15, 0.2) is 12.1 Å². The summed E-state index contributed by atoms with van der Waals surface area (Å²) in [5, 5.41) is 12.3. The van der Waals surface area contributed by atoms with E-state index < -0.39 is 5.97 Å². The molecule has 1 aromatic rings. The molecule has 0 atom stereocenters. The molecule has 0 aromatic heterocycles. The van der Waals surface area contributed by atoms with Crippen LogP contribution >= 0.6 is 23.2 Å². The molecule has 0 unspecified atom stereocenters. The minimum atomic E-state index is -0.870. The Morgan fingerprint density at radius 2 is 2.00 bits per heavy atom. The zero-order chi connectivity index (χ0) is 12.8. The number of carboxylic acids is 1. The fourth-order valence-electron chi connectivity index (χ4n) is 1.45. The molecule has 0 spiro atoms. The number of hydrogen-bond acceptors (Lipinski definition) is 3. The van der Waals surface area contributed by atoms with Gasteiger partial charge in [0.05, 0.1) is 17.3 Å². The number of aliphatic carboxylic acids is 1. The van der Waals surface area contributed by atoms with E-state index in [-0.39, 0.29) is 6.54 Å². The van der Waals surface area contributed by atoms with Gasteiger partial charge in [-0.2, -0.15) is 0 Å². The van der Waals surface area contributed by atoms with Gasteiger partial charge in [0, 0.05) is 5.02 Å². The zero-order valence-electron chi connectivity index (χ0n) is 9.17. The van der Waals surface area contributed by atoms with E-state index in [9.17, 15) is 4.79 Å². The summed E-state index contributed by atoms with van der Waals surface area (Å²) < 4.78 is 0. The van der Waals surface area contributed by atoms with E-state index in [1.807, 2.05) is 0 Å². The number of halogens is 2. The molecule has 17 heavy (non-hydrogen) atoms. The van der Waals surface area contributed by atoms with E-state index in [2.05, 4.69) is 5.32 Å². The highest BCUT2D eigenvalue weighted by Crippen LogP contribution is 2.29. The van der Waals surface area contributed by atoms with E-state index in [0.29, 0.717) is 28.7 Å². The van der Waals surface area contributed by atoms with Gasteiger partial charge in [-0.25, -0.2) is 0 Å². The number of hydrogen-bond donors (Lipinski definition) is 3. The lowest BCUT2D eigenvalue weighted by atomic mass is 10.1. The van der Waals surface area contributed by atoms with Crippen LogP contribution in [0.3, 0.4) is 0 Å². The van der Waals surface area contributed by atoms with E-state index in [0.717, 1.165) is 12.0 Å². The van der Waals surface area contributed by atoms with Gasteiger partial charge in [-0.3, -0.25) is 4.79 Å². The van der Waals surface area contributed by atoms with E-state index in [1.165, 1.54) is 0 Å². The highest BCUT2D eigenvalue weighted by molar-refractivity contribution is 6.35. The summed E-state index contributed by atoms with van der Waals surface area (Å²) in [6, 6.07) is 3.37. The molecule has 4 N–H and O–H groups in total. The first-order valence-corrected chi connectivity index (χ1v) is 5.93. The molecule has 0 bridgehead atoms. The number of benzene rings is 1. The molecule has 6 heteroatoms. The number of anilines is 1. The lowest BCUT2D eigenvalue weighted by Gasteiger charge is -2.09. The molecule has 0 aliphatic heterocycles. The molecule has 0 aliphatic carbocycles. The van der Waals surface area contributed by atoms with Crippen LogP contribution in [0.25, 0.3) is 0 Å². The Balaban J connectivity index is 2.46. The van der Waals surface area contributed by atoms with Crippen molar-refractivity contribution >= 4 is 34.9 Å². The quantitative estimate of drug-likeness (QED) is 0.550. The Hall–Kier alpha value is -0.970. The van der Waals surface area contributed by atoms with Crippen LogP contribution in [0.5, 0.6) is 0 Å². The van der Waals surface area contributed by atoms with Crippen LogP contribution < -0.4 is 11.1 Å². The van der Waals surface area contributed by atoms with Gasteiger partial charge in [0.2, 0.25) is 0 Å². The summed E-state index contributed by atoms with van der Waals surface area (Å²) in [7, 11) is 0. The van der Waals surface area contributed by atoms with Crippen molar-refractivity contribution < 1.29 is 9.90 Å². The minimum absolute atomic E-state index is 0.0429. The van der Waals surface area contributed by atoms with E-state index in [1.54, 1.807) is 12.1 Å². The standard InChI is InChI=1S/C11H14Cl2N2O2/c12-8-3-4-9(13)11(14)7(8)2-1-5-15-6-10(16)17/h3-4,15H,1-2,5-6,14H2,(H,16,17). The van der Waals surface area contributed by atoms with Crippen molar-refractivity contribution in [3.05, 3.63) is 27.7 Å². The number of carboxylic acid groups (broad SMARTS) is 1. The fourth-order valence-corrected chi connectivity index (χ4v) is 1.89. The van der Waals surface area contributed by atoms with Gasteiger partial charge in [-0.1, -0.05) is 23.2 Å². The predicted octanol–water partition coefficient (Wildman–Crippen LogP) is 2.18. The van der Waals surface area contributed by atoms with Crippen LogP contribution in [0.1, 0.15) is 12.0 Å². The molecule has 0 saturated carbocycles. The van der Waals surface area contributed by atoms with Gasteiger partial charge in [-0.05, 0) is 37.1 Å². The van der Waals surface area contributed by atoms with Crippen molar-refractivity contribution in [2.24, 2.45) is 0 Å². The molecular formula is C11H14Cl2N2O2. The van der Waals surface area contributed by atoms with Crippen LogP contribution in [-0.2, 0) is 11.2 Å². The summed E-state index contributed by atoms with van der Waals surface area (Å²) in [5.74, 6) is -0.870. The molecule has 0 fully saturated rings. The maximum absolute atomic E-state index is 10.3. The monoisotopic (exact) mass is 276 g/mol. The van der Waals surface area contributed by atoms with Crippen LogP contribution in [0.4, 0.5) is 5.69 Å². The molecule has 0 heterocycles. The van der Waals surface area contributed by atoms with Gasteiger partial charge in [0.15, 0.2) is 0 Å². The average Bonchev–Trinajstić information content (AvgIpc) is 2.27. The third kappa shape index (κ3) is 4.42. The van der Waals surface area contributed by atoms with Gasteiger partial charge >= 0.3 is 5.97 Å². The Kier molecular flexibility index (Phi) is 5.55. The SMILES string of the molecule is Nc1c(Cl)ccc(Cl)c1CCCNCC(=O)O. The summed E-state index contributed by atoms with van der Waals surface area (Å²) in [6.45, 7) is 0.549. The van der Waals surface area contributed by atoms with Gasteiger partial charge < -0.3 is 16.2 Å². The van der Waals surface area contributed by atoms with E-state index in [4.69, 9.17) is 34.0 Å². The molecule has 0 radical (unpaired) electrons. The van der Waals surface area contributed by atoms with Gasteiger partial charge in [-0.15, -0.1) is 0 Å². The van der Waals surface area contributed by atoms with E-state index >= 15 is 0 Å². The third-order valence-corrected chi connectivity index (χ3v) is 2.99. The summed E-state index contributed by atoms with van der Waals surface area (Å²) in [6.07, 6.45) is 1.41. The van der Waals surface area contributed by atoms with Crippen molar-refractivity contribution in [3.63, 3.8) is 0 Å². The maximum Gasteiger partial charge on any atom is 0.317 e. The zero-order valence-corrected chi connectivity index (χ0v) is 10.7. The third-order valence-electron chi connectivity index (χ3n) is 2.30. The van der Waals surface area contributed by atoms with Gasteiger partial charge in [0.25, 0.3) is 0 Å². The van der Waals surface area contributed by atoms with Crippen molar-refractivity contribution in [1.82, 2.24) is 5.32 Å². The van der Waals surface area contributed by atoms with Gasteiger partial charge in [0.1, 0.15) is 0 Å². The normalized spacial score (nSPS) is 10.5. The second-order valence-electron chi connectivity index (χ2n) is 3.60. The second-order valence-corrected chi connectivity index (χ2v) is 4.41. The minimum Gasteiger partial charge on any atom is -0.480 e. The molecule has 0 amide bonds. The lowest BCUT2D eigenvalue weighted by molar-refractivity contribution is -0.135. The average molecular weight is 277 g/mol. The molecule has 4 nitrogen and oxygen atoms in total. The topological polar surface area (TPSA) is 75.3 Å². The highest BCUT2D eigenvalue weighted by Gasteiger charge is 2.08. The molecule has 1 rings (SSSR count). The maximum atomic E-state index is 10.3. The Bertz CT molecular complexity index is 411. The van der Waals surface area contributed by atoms with Crippen LogP contribution in [0, 0.1) is 0 Å². The second kappa shape index (κ2) is 6.69. The highest BCUT2D eigenvalue weighted by atomic mass is 35.5. The predicted molar refractivity (Wildman–Crippen MR) is 69.7 cm³/mol. The number of carbonyl (C=O) groups is 1.